The van der Waals surface area contributed by atoms with E-state index in [9.17, 15) is 12.8 Å². The molecule has 0 saturated carbocycles. The highest BCUT2D eigenvalue weighted by atomic mass is 35.5. The second kappa shape index (κ2) is 7.81. The van der Waals surface area contributed by atoms with Crippen LogP contribution in [0.2, 0.25) is 5.02 Å². The second-order valence-corrected chi connectivity index (χ2v) is 7.37. The molecular weight excluding hydrogens is 395 g/mol. The molecule has 140 valence electrons. The van der Waals surface area contributed by atoms with Gasteiger partial charge in [0, 0.05) is 6.20 Å². The highest BCUT2D eigenvalue weighted by Gasteiger charge is 2.21. The maximum atomic E-state index is 13.4. The Kier molecular flexibility index (Phi) is 5.48. The lowest BCUT2D eigenvalue weighted by Crippen LogP contribution is -2.14. The van der Waals surface area contributed by atoms with E-state index in [0.29, 0.717) is 11.5 Å². The van der Waals surface area contributed by atoms with Gasteiger partial charge in [-0.2, -0.15) is 0 Å². The minimum absolute atomic E-state index is 0.0266. The Morgan fingerprint density at radius 2 is 1.78 bits per heavy atom. The molecule has 2 aromatic carbocycles. The van der Waals surface area contributed by atoms with Gasteiger partial charge < -0.3 is 9.47 Å². The van der Waals surface area contributed by atoms with Crippen molar-refractivity contribution in [3.05, 3.63) is 71.6 Å². The van der Waals surface area contributed by atoms with Crippen molar-refractivity contribution >= 4 is 27.3 Å². The predicted molar refractivity (Wildman–Crippen MR) is 99.5 cm³/mol. The van der Waals surface area contributed by atoms with Gasteiger partial charge in [0.15, 0.2) is 0 Å². The van der Waals surface area contributed by atoms with Crippen LogP contribution >= 0.6 is 11.6 Å². The zero-order valence-corrected chi connectivity index (χ0v) is 15.6. The maximum Gasteiger partial charge on any atom is 0.263 e. The minimum atomic E-state index is -4.15. The summed E-state index contributed by atoms with van der Waals surface area (Å²) < 4.78 is 51.7. The third-order valence-electron chi connectivity index (χ3n) is 3.47. The number of pyridine rings is 1. The van der Waals surface area contributed by atoms with E-state index in [-0.39, 0.29) is 21.5 Å². The van der Waals surface area contributed by atoms with Crippen LogP contribution in [0.3, 0.4) is 0 Å². The summed E-state index contributed by atoms with van der Waals surface area (Å²) in [5, 5.41) is -0.106. The number of rotatable bonds is 6. The Bertz CT molecular complexity index is 1060. The van der Waals surface area contributed by atoms with Crippen LogP contribution in [0.25, 0.3) is 0 Å². The van der Waals surface area contributed by atoms with E-state index < -0.39 is 15.8 Å². The molecule has 0 radical (unpaired) electrons. The number of ether oxygens (including phenoxy) is 2. The van der Waals surface area contributed by atoms with E-state index in [4.69, 9.17) is 21.1 Å². The number of hydrogen-bond donors (Lipinski definition) is 1. The second-order valence-electron chi connectivity index (χ2n) is 5.31. The zero-order chi connectivity index (χ0) is 19.4. The average Bonchev–Trinajstić information content (AvgIpc) is 2.65. The largest absolute Gasteiger partial charge is 0.497 e. The van der Waals surface area contributed by atoms with Crippen LogP contribution in [-0.4, -0.2) is 20.5 Å². The molecule has 0 aliphatic heterocycles. The van der Waals surface area contributed by atoms with Gasteiger partial charge in [0.1, 0.15) is 27.9 Å². The molecule has 0 saturated heterocycles. The first-order valence-corrected chi connectivity index (χ1v) is 9.50. The van der Waals surface area contributed by atoms with E-state index in [1.165, 1.54) is 24.4 Å². The Hall–Kier alpha value is -2.84. The molecule has 0 aliphatic carbocycles. The molecule has 1 N–H and O–H groups in total. The summed E-state index contributed by atoms with van der Waals surface area (Å²) >= 11 is 5.90. The molecule has 1 heterocycles. The highest BCUT2D eigenvalue weighted by molar-refractivity contribution is 7.92. The van der Waals surface area contributed by atoms with Crippen LogP contribution in [0.5, 0.6) is 17.4 Å². The highest BCUT2D eigenvalue weighted by Crippen LogP contribution is 2.31. The van der Waals surface area contributed by atoms with Gasteiger partial charge in [0.2, 0.25) is 5.88 Å². The molecule has 6 nitrogen and oxygen atoms in total. The molecule has 0 atom stereocenters. The van der Waals surface area contributed by atoms with Crippen molar-refractivity contribution < 1.29 is 22.3 Å². The number of aromatic nitrogens is 1. The molecule has 0 bridgehead atoms. The fourth-order valence-electron chi connectivity index (χ4n) is 2.19. The molecule has 0 unspecified atom stereocenters. The first kappa shape index (κ1) is 18.9. The third-order valence-corrected chi connectivity index (χ3v) is 5.32. The van der Waals surface area contributed by atoms with Crippen molar-refractivity contribution in [2.75, 3.05) is 11.8 Å². The molecule has 3 rings (SSSR count). The lowest BCUT2D eigenvalue weighted by atomic mass is 10.3. The number of methoxy groups -OCH3 is 1. The van der Waals surface area contributed by atoms with Gasteiger partial charge >= 0.3 is 0 Å². The molecule has 27 heavy (non-hydrogen) atoms. The first-order chi connectivity index (χ1) is 12.9. The molecule has 1 aromatic heterocycles. The SMILES string of the molecule is COc1ccc(Oc2ncccc2NS(=O)(=O)c2cc(F)ccc2Cl)cc1. The molecule has 0 aliphatic rings. The Balaban J connectivity index is 1.90. The van der Waals surface area contributed by atoms with Crippen molar-refractivity contribution in [2.24, 2.45) is 0 Å². The summed E-state index contributed by atoms with van der Waals surface area (Å²) in [5.41, 5.74) is 0.0774. The van der Waals surface area contributed by atoms with Crippen LogP contribution in [0.15, 0.2) is 65.7 Å². The average molecular weight is 409 g/mol. The summed E-state index contributed by atoms with van der Waals surface area (Å²) in [6.07, 6.45) is 1.45. The fourth-order valence-corrected chi connectivity index (χ4v) is 3.76. The number of sulfonamides is 1. The standard InChI is InChI=1S/C18H14ClFN2O4S/c1-25-13-5-7-14(8-6-13)26-18-16(3-2-10-21-18)22-27(23,24)17-11-12(20)4-9-15(17)19/h2-11,22H,1H3. The number of benzene rings is 2. The van der Waals surface area contributed by atoms with E-state index >= 15 is 0 Å². The van der Waals surface area contributed by atoms with E-state index in [2.05, 4.69) is 9.71 Å². The van der Waals surface area contributed by atoms with Gasteiger partial charge in [0.05, 0.1) is 12.1 Å². The zero-order valence-electron chi connectivity index (χ0n) is 14.0. The van der Waals surface area contributed by atoms with Crippen LogP contribution in [0.1, 0.15) is 0 Å². The van der Waals surface area contributed by atoms with Gasteiger partial charge in [-0.05, 0) is 54.6 Å². The quantitative estimate of drug-likeness (QED) is 0.650. The summed E-state index contributed by atoms with van der Waals surface area (Å²) in [4.78, 5) is 3.66. The van der Waals surface area contributed by atoms with Crippen molar-refractivity contribution in [3.8, 4) is 17.4 Å². The summed E-state index contributed by atoms with van der Waals surface area (Å²) in [5.74, 6) is 0.378. The van der Waals surface area contributed by atoms with Gasteiger partial charge in [0.25, 0.3) is 10.0 Å². The Labute approximate surface area is 160 Å². The van der Waals surface area contributed by atoms with Crippen molar-refractivity contribution in [3.63, 3.8) is 0 Å². The number of halogens is 2. The maximum absolute atomic E-state index is 13.4. The summed E-state index contributed by atoms with van der Waals surface area (Å²) in [7, 11) is -2.61. The third kappa shape index (κ3) is 4.47. The smallest absolute Gasteiger partial charge is 0.263 e. The van der Waals surface area contributed by atoms with E-state index in [1.54, 1.807) is 31.4 Å². The van der Waals surface area contributed by atoms with Crippen molar-refractivity contribution in [1.29, 1.82) is 0 Å². The minimum Gasteiger partial charge on any atom is -0.497 e. The molecule has 9 heteroatoms. The van der Waals surface area contributed by atoms with Gasteiger partial charge in [-0.3, -0.25) is 4.72 Å². The van der Waals surface area contributed by atoms with Crippen LogP contribution in [0.4, 0.5) is 10.1 Å². The fraction of sp³-hybridized carbons (Fsp3) is 0.0556. The first-order valence-electron chi connectivity index (χ1n) is 7.64. The number of nitrogens with zero attached hydrogens (tertiary/aromatic N) is 1. The Morgan fingerprint density at radius 1 is 1.07 bits per heavy atom. The molecule has 0 fully saturated rings. The molecule has 3 aromatic rings. The number of nitrogens with one attached hydrogen (secondary N) is 1. The van der Waals surface area contributed by atoms with Gasteiger partial charge in [-0.1, -0.05) is 11.6 Å². The normalized spacial score (nSPS) is 11.1. The van der Waals surface area contributed by atoms with Crippen molar-refractivity contribution in [1.82, 2.24) is 4.98 Å². The predicted octanol–water partition coefficient (Wildman–Crippen LogP) is 4.48. The van der Waals surface area contributed by atoms with Gasteiger partial charge in [-0.25, -0.2) is 17.8 Å². The molecule has 0 spiro atoms. The number of hydrogen-bond acceptors (Lipinski definition) is 5. The summed E-state index contributed by atoms with van der Waals surface area (Å²) in [6.45, 7) is 0. The Morgan fingerprint density at radius 3 is 2.48 bits per heavy atom. The lowest BCUT2D eigenvalue weighted by Gasteiger charge is -2.13. The molecule has 0 amide bonds. The molecular formula is C18H14ClFN2O4S. The lowest BCUT2D eigenvalue weighted by molar-refractivity contribution is 0.412. The van der Waals surface area contributed by atoms with Crippen LogP contribution in [0, 0.1) is 5.82 Å². The number of anilines is 1. The van der Waals surface area contributed by atoms with Crippen LogP contribution in [-0.2, 0) is 10.0 Å². The monoisotopic (exact) mass is 408 g/mol. The van der Waals surface area contributed by atoms with E-state index in [0.717, 1.165) is 12.1 Å². The summed E-state index contributed by atoms with van der Waals surface area (Å²) in [6, 6.07) is 12.8. The van der Waals surface area contributed by atoms with E-state index in [1.807, 2.05) is 0 Å². The topological polar surface area (TPSA) is 77.5 Å². The van der Waals surface area contributed by atoms with Crippen molar-refractivity contribution in [2.45, 2.75) is 4.90 Å². The van der Waals surface area contributed by atoms with Gasteiger partial charge in [-0.15, -0.1) is 0 Å². The van der Waals surface area contributed by atoms with Crippen LogP contribution < -0.4 is 14.2 Å².